The first-order valence-corrected chi connectivity index (χ1v) is 8.25. The molecule has 1 aromatic carbocycles. The quantitative estimate of drug-likeness (QED) is 0.815. The molecule has 0 saturated carbocycles. The van der Waals surface area contributed by atoms with E-state index in [9.17, 15) is 14.4 Å². The Labute approximate surface area is 147 Å². The van der Waals surface area contributed by atoms with Gasteiger partial charge in [-0.15, -0.1) is 0 Å². The molecule has 0 aromatic heterocycles. The van der Waals surface area contributed by atoms with E-state index in [4.69, 9.17) is 11.6 Å². The molecule has 0 aliphatic carbocycles. The van der Waals surface area contributed by atoms with Crippen molar-refractivity contribution in [3.8, 4) is 0 Å². The summed E-state index contributed by atoms with van der Waals surface area (Å²) in [6, 6.07) is 6.95. The maximum absolute atomic E-state index is 12.5. The highest BCUT2D eigenvalue weighted by atomic mass is 35.5. The Morgan fingerprint density at radius 2 is 2.04 bits per heavy atom. The van der Waals surface area contributed by atoms with Gasteiger partial charge in [0.2, 0.25) is 17.7 Å². The highest BCUT2D eigenvalue weighted by Crippen LogP contribution is 2.23. The van der Waals surface area contributed by atoms with Gasteiger partial charge in [0.25, 0.3) is 0 Å². The molecule has 0 unspecified atom stereocenters. The lowest BCUT2D eigenvalue weighted by Crippen LogP contribution is -2.43. The molecule has 1 fully saturated rings. The Kier molecular flexibility index (Phi) is 5.83. The normalized spacial score (nSPS) is 14.5. The first-order chi connectivity index (χ1) is 11.3. The summed E-state index contributed by atoms with van der Waals surface area (Å²) in [5, 5.41) is 0.532. The van der Waals surface area contributed by atoms with E-state index >= 15 is 0 Å². The van der Waals surface area contributed by atoms with Gasteiger partial charge in [0.05, 0.1) is 6.54 Å². The summed E-state index contributed by atoms with van der Waals surface area (Å²) in [6.07, 6.45) is 0. The number of amides is 3. The summed E-state index contributed by atoms with van der Waals surface area (Å²) in [5.74, 6) is -0.272. The van der Waals surface area contributed by atoms with Gasteiger partial charge >= 0.3 is 0 Å². The Morgan fingerprint density at radius 3 is 2.62 bits per heavy atom. The highest BCUT2D eigenvalue weighted by molar-refractivity contribution is 6.31. The molecule has 0 bridgehead atoms. The summed E-state index contributed by atoms with van der Waals surface area (Å²) < 4.78 is 0. The number of carbonyl (C=O) groups is 3. The van der Waals surface area contributed by atoms with Crippen molar-refractivity contribution in [3.05, 3.63) is 29.3 Å². The summed E-state index contributed by atoms with van der Waals surface area (Å²) in [4.78, 5) is 40.8. The minimum Gasteiger partial charge on any atom is -0.333 e. The maximum Gasteiger partial charge on any atom is 0.248 e. The summed E-state index contributed by atoms with van der Waals surface area (Å²) in [7, 11) is 0. The largest absolute Gasteiger partial charge is 0.333 e. The number of halogens is 1. The minimum atomic E-state index is -0.233. The molecule has 0 atom stereocenters. The van der Waals surface area contributed by atoms with E-state index < -0.39 is 0 Å². The van der Waals surface area contributed by atoms with Crippen LogP contribution in [0.15, 0.2) is 24.3 Å². The molecule has 3 amide bonds. The van der Waals surface area contributed by atoms with Crippen molar-refractivity contribution in [1.82, 2.24) is 9.80 Å². The predicted octanol–water partition coefficient (Wildman–Crippen LogP) is 1.98. The van der Waals surface area contributed by atoms with Crippen molar-refractivity contribution in [1.29, 1.82) is 0 Å². The van der Waals surface area contributed by atoms with Crippen molar-refractivity contribution in [2.24, 2.45) is 5.92 Å². The third kappa shape index (κ3) is 4.47. The SMILES string of the molecule is CC(=O)N(CC(=O)N1CC(=O)N(c2cccc(Cl)c2)C1)CC(C)C. The molecular formula is C17H22ClN3O3. The zero-order valence-electron chi connectivity index (χ0n) is 14.2. The number of hydrogen-bond donors (Lipinski definition) is 0. The van der Waals surface area contributed by atoms with Crippen molar-refractivity contribution in [2.45, 2.75) is 20.8 Å². The van der Waals surface area contributed by atoms with Crippen LogP contribution < -0.4 is 4.90 Å². The molecule has 1 aromatic rings. The average Bonchev–Trinajstić information content (AvgIpc) is 2.88. The number of nitrogens with zero attached hydrogens (tertiary/aromatic N) is 3. The summed E-state index contributed by atoms with van der Waals surface area (Å²) >= 11 is 5.96. The van der Waals surface area contributed by atoms with Crippen LogP contribution in [-0.2, 0) is 14.4 Å². The molecule has 2 rings (SSSR count). The Hall–Kier alpha value is -2.08. The minimum absolute atomic E-state index is 0.00974. The Balaban J connectivity index is 2.04. The van der Waals surface area contributed by atoms with E-state index in [1.54, 1.807) is 24.3 Å². The van der Waals surface area contributed by atoms with Gasteiger partial charge in [-0.05, 0) is 24.1 Å². The smallest absolute Gasteiger partial charge is 0.248 e. The van der Waals surface area contributed by atoms with Crippen LogP contribution in [0.4, 0.5) is 5.69 Å². The highest BCUT2D eigenvalue weighted by Gasteiger charge is 2.32. The first kappa shape index (κ1) is 18.3. The third-order valence-electron chi connectivity index (χ3n) is 3.77. The molecular weight excluding hydrogens is 330 g/mol. The molecule has 7 heteroatoms. The van der Waals surface area contributed by atoms with E-state index in [1.165, 1.54) is 21.6 Å². The lowest BCUT2D eigenvalue weighted by molar-refractivity contribution is -0.139. The van der Waals surface area contributed by atoms with Crippen LogP contribution in [0, 0.1) is 5.92 Å². The summed E-state index contributed by atoms with van der Waals surface area (Å²) in [6.45, 7) is 6.11. The second-order valence-corrected chi connectivity index (χ2v) is 6.76. The van der Waals surface area contributed by atoms with Crippen molar-refractivity contribution in [3.63, 3.8) is 0 Å². The van der Waals surface area contributed by atoms with E-state index in [-0.39, 0.29) is 43.4 Å². The van der Waals surface area contributed by atoms with E-state index in [0.29, 0.717) is 17.3 Å². The number of anilines is 1. The second kappa shape index (κ2) is 7.66. The molecule has 0 radical (unpaired) electrons. The zero-order valence-corrected chi connectivity index (χ0v) is 14.9. The third-order valence-corrected chi connectivity index (χ3v) is 4.00. The summed E-state index contributed by atoms with van der Waals surface area (Å²) in [5.41, 5.74) is 0.661. The molecule has 130 valence electrons. The molecule has 0 N–H and O–H groups in total. The van der Waals surface area contributed by atoms with Gasteiger partial charge in [0.15, 0.2) is 0 Å². The van der Waals surface area contributed by atoms with Crippen molar-refractivity contribution in [2.75, 3.05) is 31.2 Å². The standard InChI is InChI=1S/C17H22ClN3O3/c1-12(2)8-19(13(3)22)9-16(23)20-10-17(24)21(11-20)15-6-4-5-14(18)7-15/h4-7,12H,8-11H2,1-3H3. The average molecular weight is 352 g/mol. The second-order valence-electron chi connectivity index (χ2n) is 6.33. The molecule has 1 aliphatic rings. The van der Waals surface area contributed by atoms with Crippen LogP contribution >= 0.6 is 11.6 Å². The van der Waals surface area contributed by atoms with Crippen LogP contribution in [-0.4, -0.2) is 53.8 Å². The topological polar surface area (TPSA) is 60.9 Å². The molecule has 1 aliphatic heterocycles. The van der Waals surface area contributed by atoms with Crippen molar-refractivity contribution < 1.29 is 14.4 Å². The monoisotopic (exact) mass is 351 g/mol. The number of carbonyl (C=O) groups excluding carboxylic acids is 3. The fourth-order valence-electron chi connectivity index (χ4n) is 2.59. The van der Waals surface area contributed by atoms with Gasteiger partial charge < -0.3 is 9.80 Å². The first-order valence-electron chi connectivity index (χ1n) is 7.87. The molecule has 1 heterocycles. The van der Waals surface area contributed by atoms with Crippen LogP contribution in [0.5, 0.6) is 0 Å². The fraction of sp³-hybridized carbons (Fsp3) is 0.471. The van der Waals surface area contributed by atoms with Gasteiger partial charge in [0.1, 0.15) is 13.2 Å². The predicted molar refractivity (Wildman–Crippen MR) is 92.6 cm³/mol. The van der Waals surface area contributed by atoms with Crippen LogP contribution in [0.1, 0.15) is 20.8 Å². The molecule has 24 heavy (non-hydrogen) atoms. The number of benzene rings is 1. The van der Waals surface area contributed by atoms with E-state index in [2.05, 4.69) is 0 Å². The van der Waals surface area contributed by atoms with Crippen LogP contribution in [0.25, 0.3) is 0 Å². The van der Waals surface area contributed by atoms with E-state index in [0.717, 1.165) is 0 Å². The van der Waals surface area contributed by atoms with Crippen LogP contribution in [0.3, 0.4) is 0 Å². The lowest BCUT2D eigenvalue weighted by atomic mass is 10.2. The van der Waals surface area contributed by atoms with Gasteiger partial charge in [-0.3, -0.25) is 19.3 Å². The van der Waals surface area contributed by atoms with Crippen LogP contribution in [0.2, 0.25) is 5.02 Å². The molecule has 0 spiro atoms. The van der Waals surface area contributed by atoms with Gasteiger partial charge in [0, 0.05) is 24.2 Å². The molecule has 6 nitrogen and oxygen atoms in total. The van der Waals surface area contributed by atoms with Gasteiger partial charge in [-0.1, -0.05) is 31.5 Å². The number of hydrogen-bond acceptors (Lipinski definition) is 3. The van der Waals surface area contributed by atoms with E-state index in [1.807, 2.05) is 13.8 Å². The number of rotatable bonds is 5. The maximum atomic E-state index is 12.5. The Morgan fingerprint density at radius 1 is 1.33 bits per heavy atom. The zero-order chi connectivity index (χ0) is 17.9. The van der Waals surface area contributed by atoms with Crippen molar-refractivity contribution >= 4 is 35.0 Å². The Bertz CT molecular complexity index is 648. The van der Waals surface area contributed by atoms with Gasteiger partial charge in [-0.2, -0.15) is 0 Å². The fourth-order valence-corrected chi connectivity index (χ4v) is 2.78. The molecule has 1 saturated heterocycles. The lowest BCUT2D eigenvalue weighted by Gasteiger charge is -2.25. The van der Waals surface area contributed by atoms with Gasteiger partial charge in [-0.25, -0.2) is 0 Å².